The summed E-state index contributed by atoms with van der Waals surface area (Å²) in [7, 11) is 0. The quantitative estimate of drug-likeness (QED) is 0.306. The number of rotatable bonds is 8. The number of allylic oxidation sites excluding steroid dienone is 4. The van der Waals surface area contributed by atoms with Gasteiger partial charge in [-0.1, -0.05) is 63.1 Å². The van der Waals surface area contributed by atoms with Gasteiger partial charge in [0.2, 0.25) is 0 Å². The minimum absolute atomic E-state index is 0.0668. The summed E-state index contributed by atoms with van der Waals surface area (Å²) in [6.07, 6.45) is 18.0. The highest BCUT2D eigenvalue weighted by atomic mass is 16.5. The molecule has 0 saturated heterocycles. The Morgan fingerprint density at radius 3 is 2.73 bits per heavy atom. The van der Waals surface area contributed by atoms with Crippen molar-refractivity contribution in [2.75, 3.05) is 0 Å². The van der Waals surface area contributed by atoms with E-state index in [9.17, 15) is 9.90 Å². The van der Waals surface area contributed by atoms with Crippen LogP contribution in [0.5, 0.6) is 0 Å². The molecule has 33 heavy (non-hydrogen) atoms. The molecule has 3 saturated carbocycles. The van der Waals surface area contributed by atoms with Crippen LogP contribution in [0.2, 0.25) is 0 Å². The third-order valence-corrected chi connectivity index (χ3v) is 8.79. The first-order chi connectivity index (χ1) is 15.5. The Morgan fingerprint density at radius 2 is 2.03 bits per heavy atom. The maximum absolute atomic E-state index is 11.6. The zero-order valence-corrected chi connectivity index (χ0v) is 21.5. The minimum Gasteiger partial charge on any atom is -0.459 e. The second kappa shape index (κ2) is 10.8. The van der Waals surface area contributed by atoms with Gasteiger partial charge in [-0.15, -0.1) is 0 Å². The van der Waals surface area contributed by atoms with E-state index in [1.165, 1.54) is 55.7 Å². The topological polar surface area (TPSA) is 46.5 Å². The standard InChI is InChI=1S/C30H46O3/c1-7-28(31)33-25-15-12-21(2)24(20-25)14-13-23-11-9-19-30(6)26(16-17-27(23)30)22(3)10-8-18-29(4,5)32/h7,13-14,22,25-27,32H,1-2,8-12,15-20H2,3-6H3/b23-13+,24-14-/t22-,25-,26+,27?,30?/m0/s1. The van der Waals surface area contributed by atoms with Crippen molar-refractivity contribution in [3.05, 3.63) is 48.1 Å². The Kier molecular flexibility index (Phi) is 8.48. The number of fused-ring (bicyclic) bond motifs is 1. The molecule has 0 heterocycles. The SMILES string of the molecule is C=CC(=O)O[C@H]1CCC(=C)/C(=C\C=C2/CCCC3(C)C2CC[C@@H]3[C@@H](C)CCCC(C)(C)O)C1. The molecule has 0 amide bonds. The van der Waals surface area contributed by atoms with Gasteiger partial charge in [0.15, 0.2) is 0 Å². The molecule has 3 rings (SSSR count). The van der Waals surface area contributed by atoms with Crippen molar-refractivity contribution in [3.8, 4) is 0 Å². The molecule has 0 aliphatic heterocycles. The Hall–Kier alpha value is -1.61. The zero-order valence-electron chi connectivity index (χ0n) is 21.5. The van der Waals surface area contributed by atoms with Crippen molar-refractivity contribution in [2.24, 2.45) is 23.2 Å². The number of carbonyl (C=O) groups is 1. The van der Waals surface area contributed by atoms with Gasteiger partial charge in [-0.25, -0.2) is 4.79 Å². The molecule has 0 radical (unpaired) electrons. The molecule has 184 valence electrons. The largest absolute Gasteiger partial charge is 0.459 e. The van der Waals surface area contributed by atoms with Crippen LogP contribution in [0.4, 0.5) is 0 Å². The zero-order chi connectivity index (χ0) is 24.2. The molecule has 3 fully saturated rings. The van der Waals surface area contributed by atoms with Crippen LogP contribution < -0.4 is 0 Å². The van der Waals surface area contributed by atoms with Crippen molar-refractivity contribution >= 4 is 5.97 Å². The monoisotopic (exact) mass is 454 g/mol. The Bertz CT molecular complexity index is 796. The normalized spacial score (nSPS) is 33.7. The summed E-state index contributed by atoms with van der Waals surface area (Å²) >= 11 is 0. The second-order valence-electron chi connectivity index (χ2n) is 11.8. The van der Waals surface area contributed by atoms with Gasteiger partial charge in [0.1, 0.15) is 6.10 Å². The molecule has 3 heteroatoms. The lowest BCUT2D eigenvalue weighted by atomic mass is 9.60. The molecule has 0 spiro atoms. The molecule has 3 nitrogen and oxygen atoms in total. The summed E-state index contributed by atoms with van der Waals surface area (Å²) < 4.78 is 5.51. The summed E-state index contributed by atoms with van der Waals surface area (Å²) in [6.45, 7) is 16.6. The van der Waals surface area contributed by atoms with Gasteiger partial charge < -0.3 is 9.84 Å². The molecule has 0 aromatic rings. The van der Waals surface area contributed by atoms with Crippen LogP contribution in [-0.2, 0) is 9.53 Å². The number of hydrogen-bond acceptors (Lipinski definition) is 3. The van der Waals surface area contributed by atoms with E-state index >= 15 is 0 Å². The molecular formula is C30H46O3. The van der Waals surface area contributed by atoms with Crippen LogP contribution in [0, 0.1) is 23.2 Å². The van der Waals surface area contributed by atoms with Gasteiger partial charge in [0.05, 0.1) is 5.60 Å². The fraction of sp³-hybridized carbons (Fsp3) is 0.700. The van der Waals surface area contributed by atoms with Crippen molar-refractivity contribution < 1.29 is 14.6 Å². The molecular weight excluding hydrogens is 408 g/mol. The van der Waals surface area contributed by atoms with Gasteiger partial charge >= 0.3 is 5.97 Å². The van der Waals surface area contributed by atoms with E-state index < -0.39 is 5.60 Å². The highest BCUT2D eigenvalue weighted by molar-refractivity contribution is 5.81. The van der Waals surface area contributed by atoms with E-state index in [1.807, 2.05) is 13.8 Å². The third-order valence-electron chi connectivity index (χ3n) is 8.79. The van der Waals surface area contributed by atoms with Crippen LogP contribution in [0.15, 0.2) is 48.1 Å². The molecule has 1 N–H and O–H groups in total. The third kappa shape index (κ3) is 6.50. The highest BCUT2D eigenvalue weighted by Crippen LogP contribution is 2.60. The number of ether oxygens (including phenoxy) is 1. The molecule has 3 aliphatic rings. The summed E-state index contributed by atoms with van der Waals surface area (Å²) in [6, 6.07) is 0. The van der Waals surface area contributed by atoms with Gasteiger partial charge in [0, 0.05) is 12.5 Å². The lowest BCUT2D eigenvalue weighted by molar-refractivity contribution is -0.143. The number of carbonyl (C=O) groups excluding carboxylic acids is 1. The van der Waals surface area contributed by atoms with E-state index in [-0.39, 0.29) is 12.1 Å². The van der Waals surface area contributed by atoms with E-state index in [2.05, 4.69) is 39.2 Å². The van der Waals surface area contributed by atoms with Crippen molar-refractivity contribution in [1.82, 2.24) is 0 Å². The average Bonchev–Trinajstić information content (AvgIpc) is 3.10. The summed E-state index contributed by atoms with van der Waals surface area (Å²) in [5.74, 6) is 1.82. The van der Waals surface area contributed by atoms with Crippen LogP contribution >= 0.6 is 0 Å². The lowest BCUT2D eigenvalue weighted by Crippen LogP contribution is -2.36. The van der Waals surface area contributed by atoms with Gasteiger partial charge in [0.25, 0.3) is 0 Å². The molecule has 0 aromatic carbocycles. The van der Waals surface area contributed by atoms with Crippen molar-refractivity contribution in [3.63, 3.8) is 0 Å². The van der Waals surface area contributed by atoms with Crippen LogP contribution in [0.1, 0.15) is 98.3 Å². The van der Waals surface area contributed by atoms with E-state index in [0.29, 0.717) is 17.3 Å². The minimum atomic E-state index is -0.553. The van der Waals surface area contributed by atoms with E-state index in [0.717, 1.165) is 38.0 Å². The fourth-order valence-corrected chi connectivity index (χ4v) is 6.97. The Labute approximate surface area is 202 Å². The maximum atomic E-state index is 11.6. The summed E-state index contributed by atoms with van der Waals surface area (Å²) in [5.41, 5.74) is 3.86. The molecule has 3 aliphatic carbocycles. The van der Waals surface area contributed by atoms with Crippen LogP contribution in [0.25, 0.3) is 0 Å². The predicted octanol–water partition coefficient (Wildman–Crippen LogP) is 7.47. The van der Waals surface area contributed by atoms with Gasteiger partial charge in [-0.2, -0.15) is 0 Å². The first kappa shape index (κ1) is 26.0. The Balaban J connectivity index is 1.68. The number of esters is 1. The first-order valence-electron chi connectivity index (χ1n) is 13.2. The summed E-state index contributed by atoms with van der Waals surface area (Å²) in [4.78, 5) is 11.6. The van der Waals surface area contributed by atoms with Gasteiger partial charge in [-0.3, -0.25) is 0 Å². The molecule has 0 aromatic heterocycles. The summed E-state index contributed by atoms with van der Waals surface area (Å²) in [5, 5.41) is 10.1. The highest BCUT2D eigenvalue weighted by Gasteiger charge is 2.50. The first-order valence-corrected chi connectivity index (χ1v) is 13.2. The number of aliphatic hydroxyl groups is 1. The van der Waals surface area contributed by atoms with E-state index in [4.69, 9.17) is 4.74 Å². The molecule has 0 bridgehead atoms. The van der Waals surface area contributed by atoms with Gasteiger partial charge in [-0.05, 0) is 94.0 Å². The number of hydrogen-bond donors (Lipinski definition) is 1. The maximum Gasteiger partial charge on any atom is 0.330 e. The average molecular weight is 455 g/mol. The predicted molar refractivity (Wildman–Crippen MR) is 137 cm³/mol. The molecule has 2 unspecified atom stereocenters. The Morgan fingerprint density at radius 1 is 1.27 bits per heavy atom. The van der Waals surface area contributed by atoms with Crippen LogP contribution in [-0.4, -0.2) is 22.8 Å². The molecule has 5 atom stereocenters. The lowest BCUT2D eigenvalue weighted by Gasteiger charge is -2.44. The second-order valence-corrected chi connectivity index (χ2v) is 11.8. The van der Waals surface area contributed by atoms with Crippen LogP contribution in [0.3, 0.4) is 0 Å². The van der Waals surface area contributed by atoms with Crippen molar-refractivity contribution in [2.45, 2.75) is 110 Å². The fourth-order valence-electron chi connectivity index (χ4n) is 6.97. The van der Waals surface area contributed by atoms with E-state index in [1.54, 1.807) is 5.57 Å². The smallest absolute Gasteiger partial charge is 0.330 e. The van der Waals surface area contributed by atoms with Crippen molar-refractivity contribution in [1.29, 1.82) is 0 Å².